The number of carbonyl (C=O) groups excluding carboxylic acids is 1. The number of nitrogens with one attached hydrogen (secondary N) is 1. The van der Waals surface area contributed by atoms with Crippen molar-refractivity contribution in [1.29, 1.82) is 0 Å². The molecule has 1 aliphatic rings. The molecule has 150 valence electrons. The Morgan fingerprint density at radius 3 is 2.59 bits per heavy atom. The molecule has 0 unspecified atom stereocenters. The second kappa shape index (κ2) is 12.3. The van der Waals surface area contributed by atoms with Gasteiger partial charge < -0.3 is 10.2 Å². The summed E-state index contributed by atoms with van der Waals surface area (Å²) < 4.78 is 0. The highest BCUT2D eigenvalue weighted by molar-refractivity contribution is 7.09. The highest BCUT2D eigenvalue weighted by Gasteiger charge is 2.23. The fourth-order valence-electron chi connectivity index (χ4n) is 3.28. The molecule has 0 bridgehead atoms. The Morgan fingerprint density at radius 1 is 1.22 bits per heavy atom. The van der Waals surface area contributed by atoms with E-state index in [0.717, 1.165) is 56.1 Å². The third-order valence-corrected chi connectivity index (χ3v) is 5.68. The van der Waals surface area contributed by atoms with Crippen LogP contribution in [0.5, 0.6) is 0 Å². The van der Waals surface area contributed by atoms with Crippen molar-refractivity contribution in [3.05, 3.63) is 52.0 Å². The number of carbonyl (C=O) groups is 1. The molecule has 27 heavy (non-hydrogen) atoms. The number of hydrogen-bond donors (Lipinski definition) is 1. The van der Waals surface area contributed by atoms with E-state index < -0.39 is 0 Å². The number of halogens is 2. The van der Waals surface area contributed by atoms with Crippen molar-refractivity contribution in [3.8, 4) is 0 Å². The molecule has 1 aromatic carbocycles. The Kier molecular flexibility index (Phi) is 10.9. The highest BCUT2D eigenvalue weighted by atomic mass is 35.5. The molecule has 0 atom stereocenters. The third kappa shape index (κ3) is 7.41. The van der Waals surface area contributed by atoms with Gasteiger partial charge in [0.2, 0.25) is 5.91 Å². The van der Waals surface area contributed by atoms with Crippen molar-refractivity contribution in [1.82, 2.24) is 15.2 Å². The smallest absolute Gasteiger partial charge is 0.228 e. The molecule has 0 aliphatic carbocycles. The minimum atomic E-state index is 0. The van der Waals surface area contributed by atoms with Crippen LogP contribution in [0.2, 0.25) is 0 Å². The summed E-state index contributed by atoms with van der Waals surface area (Å²) in [6, 6.07) is 10.4. The summed E-state index contributed by atoms with van der Waals surface area (Å²) in [6.45, 7) is 6.01. The molecule has 1 amide bonds. The summed E-state index contributed by atoms with van der Waals surface area (Å²) >= 11 is 1.65. The molecule has 4 nitrogen and oxygen atoms in total. The summed E-state index contributed by atoms with van der Waals surface area (Å²) in [6.07, 6.45) is 3.49. The summed E-state index contributed by atoms with van der Waals surface area (Å²) in [5.74, 6) is 0.930. The van der Waals surface area contributed by atoms with Gasteiger partial charge >= 0.3 is 0 Å². The second-order valence-electron chi connectivity index (χ2n) is 6.70. The molecule has 1 saturated heterocycles. The predicted octanol–water partition coefficient (Wildman–Crippen LogP) is 3.97. The quantitative estimate of drug-likeness (QED) is 0.723. The summed E-state index contributed by atoms with van der Waals surface area (Å²) in [5, 5.41) is 6.53. The Labute approximate surface area is 178 Å². The van der Waals surface area contributed by atoms with E-state index >= 15 is 0 Å². The van der Waals surface area contributed by atoms with Gasteiger partial charge in [-0.15, -0.1) is 36.2 Å². The number of nitrogens with zero attached hydrogens (tertiary/aromatic N) is 2. The zero-order valence-corrected chi connectivity index (χ0v) is 18.2. The van der Waals surface area contributed by atoms with E-state index in [9.17, 15) is 4.79 Å². The van der Waals surface area contributed by atoms with Crippen molar-refractivity contribution in [2.75, 3.05) is 26.2 Å². The first kappa shape index (κ1) is 23.9. The summed E-state index contributed by atoms with van der Waals surface area (Å²) in [5.41, 5.74) is 2.17. The van der Waals surface area contributed by atoms with Crippen LogP contribution in [0.4, 0.5) is 0 Å². The lowest BCUT2D eigenvalue weighted by Gasteiger charge is -2.32. The minimum Gasteiger partial charge on any atom is -0.342 e. The van der Waals surface area contributed by atoms with Crippen LogP contribution >= 0.6 is 36.2 Å². The van der Waals surface area contributed by atoms with Crippen molar-refractivity contribution < 1.29 is 4.79 Å². The summed E-state index contributed by atoms with van der Waals surface area (Å²) in [4.78, 5) is 19.2. The monoisotopic (exact) mass is 429 g/mol. The van der Waals surface area contributed by atoms with Crippen LogP contribution in [0.1, 0.15) is 36.0 Å². The Bertz CT molecular complexity index is 673. The molecule has 2 heterocycles. The van der Waals surface area contributed by atoms with Gasteiger partial charge in [0.1, 0.15) is 0 Å². The van der Waals surface area contributed by atoms with E-state index in [2.05, 4.69) is 29.4 Å². The summed E-state index contributed by atoms with van der Waals surface area (Å²) in [7, 11) is 0. The normalized spacial score (nSPS) is 14.3. The van der Waals surface area contributed by atoms with Crippen LogP contribution in [0.3, 0.4) is 0 Å². The van der Waals surface area contributed by atoms with Gasteiger partial charge in [-0.1, -0.05) is 37.3 Å². The Morgan fingerprint density at radius 2 is 1.93 bits per heavy atom. The van der Waals surface area contributed by atoms with Crippen LogP contribution in [0, 0.1) is 5.92 Å². The van der Waals surface area contributed by atoms with Crippen molar-refractivity contribution >= 4 is 42.1 Å². The average molecular weight is 430 g/mol. The first-order valence-corrected chi connectivity index (χ1v) is 10.1. The lowest BCUT2D eigenvalue weighted by atomic mass is 9.96. The van der Waals surface area contributed by atoms with Crippen LogP contribution in [0.25, 0.3) is 0 Å². The molecule has 0 radical (unpaired) electrons. The zero-order chi connectivity index (χ0) is 17.5. The molecule has 3 rings (SSSR count). The van der Waals surface area contributed by atoms with Gasteiger partial charge in [0, 0.05) is 24.9 Å². The molecule has 1 aromatic heterocycles. The topological polar surface area (TPSA) is 45.2 Å². The Balaban J connectivity index is 0.00000182. The number of benzene rings is 1. The molecular formula is C20H29Cl2N3OS. The highest BCUT2D eigenvalue weighted by Crippen LogP contribution is 2.19. The van der Waals surface area contributed by atoms with Crippen molar-refractivity contribution in [3.63, 3.8) is 0 Å². The van der Waals surface area contributed by atoms with Gasteiger partial charge in [0.15, 0.2) is 0 Å². The van der Waals surface area contributed by atoms with Crippen LogP contribution in [-0.2, 0) is 17.6 Å². The molecule has 0 spiro atoms. The van der Waals surface area contributed by atoms with Crippen LogP contribution in [-0.4, -0.2) is 42.0 Å². The number of hydrogen-bond acceptors (Lipinski definition) is 4. The van der Waals surface area contributed by atoms with Gasteiger partial charge in [-0.05, 0) is 37.4 Å². The van der Waals surface area contributed by atoms with Gasteiger partial charge in [0.25, 0.3) is 0 Å². The maximum absolute atomic E-state index is 12.5. The number of piperidine rings is 1. The van der Waals surface area contributed by atoms with Crippen molar-refractivity contribution in [2.45, 2.75) is 32.6 Å². The van der Waals surface area contributed by atoms with Crippen LogP contribution in [0.15, 0.2) is 35.7 Å². The maximum atomic E-state index is 12.5. The largest absolute Gasteiger partial charge is 0.342 e. The number of aromatic nitrogens is 1. The molecule has 1 aliphatic heterocycles. The number of likely N-dealkylation sites (tertiary alicyclic amines) is 1. The second-order valence-corrected chi connectivity index (χ2v) is 7.65. The molecule has 7 heteroatoms. The van der Waals surface area contributed by atoms with E-state index in [1.54, 1.807) is 11.3 Å². The molecule has 1 N–H and O–H groups in total. The van der Waals surface area contributed by atoms with Gasteiger partial charge in [-0.2, -0.15) is 0 Å². The van der Waals surface area contributed by atoms with E-state index in [0.29, 0.717) is 12.3 Å². The van der Waals surface area contributed by atoms with Gasteiger partial charge in [0.05, 0.1) is 17.1 Å². The Hall–Kier alpha value is -1.14. The first-order chi connectivity index (χ1) is 12.2. The van der Waals surface area contributed by atoms with Gasteiger partial charge in [-0.25, -0.2) is 4.98 Å². The molecule has 0 saturated carbocycles. The van der Waals surface area contributed by atoms with Crippen LogP contribution < -0.4 is 5.32 Å². The SMILES string of the molecule is CCNCC1CCN(C(=O)Cc2csc(Cc3ccccc3)n2)CC1.Cl.Cl. The molecule has 2 aromatic rings. The third-order valence-electron chi connectivity index (χ3n) is 4.78. The van der Waals surface area contributed by atoms with E-state index in [1.807, 2.05) is 28.5 Å². The minimum absolute atomic E-state index is 0. The fourth-order valence-corrected chi connectivity index (χ4v) is 4.11. The zero-order valence-electron chi connectivity index (χ0n) is 15.7. The fraction of sp³-hybridized carbons (Fsp3) is 0.500. The number of rotatable bonds is 7. The van der Waals surface area contributed by atoms with E-state index in [-0.39, 0.29) is 30.7 Å². The predicted molar refractivity (Wildman–Crippen MR) is 117 cm³/mol. The van der Waals surface area contributed by atoms with E-state index in [4.69, 9.17) is 0 Å². The lowest BCUT2D eigenvalue weighted by molar-refractivity contribution is -0.131. The van der Waals surface area contributed by atoms with Gasteiger partial charge in [-0.3, -0.25) is 4.79 Å². The van der Waals surface area contributed by atoms with E-state index in [1.165, 1.54) is 5.56 Å². The number of thiazole rings is 1. The lowest BCUT2D eigenvalue weighted by Crippen LogP contribution is -2.41. The number of amides is 1. The van der Waals surface area contributed by atoms with Crippen molar-refractivity contribution in [2.24, 2.45) is 5.92 Å². The average Bonchev–Trinajstić information content (AvgIpc) is 3.08. The maximum Gasteiger partial charge on any atom is 0.228 e. The molecular weight excluding hydrogens is 401 g/mol. The molecule has 1 fully saturated rings. The first-order valence-electron chi connectivity index (χ1n) is 9.20. The standard InChI is InChI=1S/C20H27N3OS.2ClH/c1-2-21-14-17-8-10-23(11-9-17)20(24)13-18-15-25-19(22-18)12-16-6-4-3-5-7-16;;/h3-7,15,17,21H,2,8-14H2,1H3;2*1H.